The van der Waals surface area contributed by atoms with E-state index in [4.69, 9.17) is 9.47 Å². The lowest BCUT2D eigenvalue weighted by molar-refractivity contribution is -0.215. The SMILES string of the molecule is CC1C(=O)[C@H]2C3CCC([C@H](C)CCC(=O)O)[C@@]3(C)CCC2[C@@]2(C)CC[C@@H](OC3CCCCO3)C[C@@H]12. The molecule has 5 rings (SSSR count). The van der Waals surface area contributed by atoms with Crippen LogP contribution in [-0.4, -0.2) is 35.9 Å². The van der Waals surface area contributed by atoms with Crippen LogP contribution in [0.4, 0.5) is 0 Å². The number of carboxylic acids is 1. The molecule has 4 aliphatic carbocycles. The molecule has 0 spiro atoms. The zero-order valence-electron chi connectivity index (χ0n) is 22.5. The van der Waals surface area contributed by atoms with Gasteiger partial charge in [-0.2, -0.15) is 0 Å². The Balaban J connectivity index is 1.32. The first-order valence-corrected chi connectivity index (χ1v) is 14.7. The van der Waals surface area contributed by atoms with Crippen molar-refractivity contribution in [3.05, 3.63) is 0 Å². The Morgan fingerprint density at radius 3 is 2.51 bits per heavy atom. The fraction of sp³-hybridized carbons (Fsp3) is 0.933. The number of aliphatic carboxylic acids is 1. The summed E-state index contributed by atoms with van der Waals surface area (Å²) >= 11 is 0. The van der Waals surface area contributed by atoms with Gasteiger partial charge < -0.3 is 14.6 Å². The highest BCUT2D eigenvalue weighted by Gasteiger charge is 2.64. The van der Waals surface area contributed by atoms with Crippen molar-refractivity contribution in [1.82, 2.24) is 0 Å². The summed E-state index contributed by atoms with van der Waals surface area (Å²) in [5, 5.41) is 9.21. The summed E-state index contributed by atoms with van der Waals surface area (Å²) in [5.74, 6) is 2.46. The van der Waals surface area contributed by atoms with Crippen molar-refractivity contribution in [2.24, 2.45) is 52.3 Å². The zero-order valence-corrected chi connectivity index (χ0v) is 22.5. The summed E-state index contributed by atoms with van der Waals surface area (Å²) in [6, 6.07) is 0. The second-order valence-electron chi connectivity index (χ2n) is 13.5. The fourth-order valence-electron chi connectivity index (χ4n) is 10.0. The molecule has 1 aliphatic heterocycles. The fourth-order valence-corrected chi connectivity index (χ4v) is 10.0. The first kappa shape index (κ1) is 25.7. The average molecular weight is 489 g/mol. The van der Waals surface area contributed by atoms with Crippen molar-refractivity contribution < 1.29 is 24.2 Å². The number of rotatable bonds is 6. The van der Waals surface area contributed by atoms with Gasteiger partial charge in [0, 0.05) is 24.9 Å². The highest BCUT2D eigenvalue weighted by Crippen LogP contribution is 2.68. The molecule has 0 aromatic heterocycles. The van der Waals surface area contributed by atoms with Crippen LogP contribution in [0.2, 0.25) is 0 Å². The number of fused-ring (bicyclic) bond motifs is 5. The van der Waals surface area contributed by atoms with Crippen LogP contribution in [0.3, 0.4) is 0 Å². The van der Waals surface area contributed by atoms with Crippen LogP contribution >= 0.6 is 0 Å². The predicted octanol–water partition coefficient (Wildman–Crippen LogP) is 6.48. The van der Waals surface area contributed by atoms with Gasteiger partial charge in [-0.15, -0.1) is 0 Å². The van der Waals surface area contributed by atoms with Gasteiger partial charge in [0.25, 0.3) is 0 Å². The molecule has 0 radical (unpaired) electrons. The Kier molecular flexibility index (Phi) is 7.15. The van der Waals surface area contributed by atoms with Gasteiger partial charge >= 0.3 is 5.97 Å². The number of hydrogen-bond acceptors (Lipinski definition) is 4. The monoisotopic (exact) mass is 488 g/mol. The van der Waals surface area contributed by atoms with E-state index in [0.29, 0.717) is 35.4 Å². The summed E-state index contributed by atoms with van der Waals surface area (Å²) in [5.41, 5.74) is 0.399. The second-order valence-corrected chi connectivity index (χ2v) is 13.5. The number of ether oxygens (including phenoxy) is 2. The Bertz CT molecular complexity index is 805. The minimum Gasteiger partial charge on any atom is -0.481 e. The van der Waals surface area contributed by atoms with Gasteiger partial charge in [0.1, 0.15) is 5.78 Å². The molecule has 198 valence electrons. The topological polar surface area (TPSA) is 72.8 Å². The van der Waals surface area contributed by atoms with Crippen molar-refractivity contribution in [2.75, 3.05) is 6.61 Å². The Morgan fingerprint density at radius 2 is 1.80 bits per heavy atom. The van der Waals surface area contributed by atoms with E-state index in [1.54, 1.807) is 0 Å². The van der Waals surface area contributed by atoms with E-state index in [2.05, 4.69) is 27.7 Å². The van der Waals surface area contributed by atoms with Crippen LogP contribution in [0.1, 0.15) is 105 Å². The predicted molar refractivity (Wildman–Crippen MR) is 135 cm³/mol. The molecule has 0 aromatic carbocycles. The molecule has 11 atom stereocenters. The Hall–Kier alpha value is -0.940. The van der Waals surface area contributed by atoms with Gasteiger partial charge in [-0.1, -0.05) is 27.7 Å². The highest BCUT2D eigenvalue weighted by molar-refractivity contribution is 5.85. The molecule has 0 amide bonds. The van der Waals surface area contributed by atoms with Crippen LogP contribution in [0, 0.1) is 52.3 Å². The highest BCUT2D eigenvalue weighted by atomic mass is 16.7. The number of carbonyl (C=O) groups excluding carboxylic acids is 1. The maximum absolute atomic E-state index is 14.1. The molecule has 5 aliphatic rings. The first-order chi connectivity index (χ1) is 16.6. The van der Waals surface area contributed by atoms with Gasteiger partial charge in [0.15, 0.2) is 6.29 Å². The molecule has 35 heavy (non-hydrogen) atoms. The van der Waals surface area contributed by atoms with E-state index < -0.39 is 5.97 Å². The molecular weight excluding hydrogens is 440 g/mol. The van der Waals surface area contributed by atoms with Crippen LogP contribution < -0.4 is 0 Å². The van der Waals surface area contributed by atoms with E-state index in [1.807, 2.05) is 0 Å². The summed E-state index contributed by atoms with van der Waals surface area (Å²) in [6.45, 7) is 10.2. The second kappa shape index (κ2) is 9.74. The van der Waals surface area contributed by atoms with Crippen LogP contribution in [-0.2, 0) is 19.1 Å². The van der Waals surface area contributed by atoms with Crippen LogP contribution in [0.15, 0.2) is 0 Å². The zero-order chi connectivity index (χ0) is 25.0. The van der Waals surface area contributed by atoms with Crippen molar-refractivity contribution >= 4 is 11.8 Å². The number of Topliss-reactive ketones (excluding diaryl/α,β-unsaturated/α-hetero) is 1. The molecule has 5 fully saturated rings. The van der Waals surface area contributed by atoms with Crippen molar-refractivity contribution in [1.29, 1.82) is 0 Å². The molecule has 0 aromatic rings. The molecule has 5 heteroatoms. The summed E-state index contributed by atoms with van der Waals surface area (Å²) in [6.07, 6.45) is 12.4. The molecule has 1 N–H and O–H groups in total. The Labute approximate surface area is 212 Å². The van der Waals surface area contributed by atoms with Gasteiger partial charge in [-0.3, -0.25) is 9.59 Å². The maximum atomic E-state index is 14.1. The Morgan fingerprint density at radius 1 is 1.06 bits per heavy atom. The first-order valence-electron chi connectivity index (χ1n) is 14.7. The molecule has 5 nitrogen and oxygen atoms in total. The smallest absolute Gasteiger partial charge is 0.303 e. The normalized spacial score (nSPS) is 48.5. The molecule has 5 unspecified atom stereocenters. The molecule has 1 heterocycles. The van der Waals surface area contributed by atoms with Crippen molar-refractivity contribution in [3.63, 3.8) is 0 Å². The molecule has 4 saturated carbocycles. The summed E-state index contributed by atoms with van der Waals surface area (Å²) in [7, 11) is 0. The minimum absolute atomic E-state index is 0.0469. The maximum Gasteiger partial charge on any atom is 0.303 e. The molecule has 0 bridgehead atoms. The third-order valence-corrected chi connectivity index (χ3v) is 11.9. The average Bonchev–Trinajstić information content (AvgIpc) is 3.19. The standard InChI is InChI=1S/C30H48O5/c1-18(8-11-25(31)32)21-9-10-22-27-23(13-15-29(21,22)3)30(4)14-12-20(17-24(30)19(2)28(27)33)35-26-7-5-6-16-34-26/h18-24,26-27H,5-17H2,1-4H3,(H,31,32)/t18-,19?,20-,21?,22?,23?,24+,26?,27+,29-,30-/m1/s1. The van der Waals surface area contributed by atoms with Crippen LogP contribution in [0.5, 0.6) is 0 Å². The quantitative estimate of drug-likeness (QED) is 0.433. The summed E-state index contributed by atoms with van der Waals surface area (Å²) < 4.78 is 12.3. The number of ketones is 1. The third kappa shape index (κ3) is 4.41. The van der Waals surface area contributed by atoms with Crippen molar-refractivity contribution in [3.8, 4) is 0 Å². The lowest BCUT2D eigenvalue weighted by atomic mass is 9.42. The lowest BCUT2D eigenvalue weighted by Crippen LogP contribution is -2.60. The molecular formula is C30H48O5. The largest absolute Gasteiger partial charge is 0.481 e. The number of carboxylic acid groups (broad SMARTS) is 1. The minimum atomic E-state index is -0.690. The molecule has 1 saturated heterocycles. The van der Waals surface area contributed by atoms with Gasteiger partial charge in [0.05, 0.1) is 6.10 Å². The van der Waals surface area contributed by atoms with E-state index in [0.717, 1.165) is 64.4 Å². The van der Waals surface area contributed by atoms with E-state index in [-0.39, 0.29) is 41.5 Å². The number of carbonyl (C=O) groups is 2. The third-order valence-electron chi connectivity index (χ3n) is 11.9. The van der Waals surface area contributed by atoms with Gasteiger partial charge in [-0.25, -0.2) is 0 Å². The summed E-state index contributed by atoms with van der Waals surface area (Å²) in [4.78, 5) is 25.3. The van der Waals surface area contributed by atoms with Gasteiger partial charge in [0.2, 0.25) is 0 Å². The van der Waals surface area contributed by atoms with E-state index >= 15 is 0 Å². The lowest BCUT2D eigenvalue weighted by Gasteiger charge is -2.62. The van der Waals surface area contributed by atoms with Gasteiger partial charge in [-0.05, 0) is 111 Å². The van der Waals surface area contributed by atoms with E-state index in [9.17, 15) is 14.7 Å². The van der Waals surface area contributed by atoms with Crippen LogP contribution in [0.25, 0.3) is 0 Å². The van der Waals surface area contributed by atoms with Crippen molar-refractivity contribution in [2.45, 2.75) is 117 Å². The number of hydrogen-bond donors (Lipinski definition) is 1. The van der Waals surface area contributed by atoms with E-state index in [1.165, 1.54) is 12.8 Å².